The quantitative estimate of drug-likeness (QED) is 0.233. The van der Waals surface area contributed by atoms with Crippen LogP contribution in [0.4, 0.5) is 5.69 Å². The molecular formula is C30H31NO7. The first kappa shape index (κ1) is 26.6. The lowest BCUT2D eigenvalue weighted by atomic mass is 9.92. The van der Waals surface area contributed by atoms with Gasteiger partial charge < -0.3 is 24.4 Å². The monoisotopic (exact) mass is 517 g/mol. The van der Waals surface area contributed by atoms with Crippen LogP contribution >= 0.6 is 0 Å². The smallest absolute Gasteiger partial charge is 0.300 e. The lowest BCUT2D eigenvalue weighted by Gasteiger charge is -2.26. The normalized spacial score (nSPS) is 16.6. The van der Waals surface area contributed by atoms with Gasteiger partial charge in [-0.15, -0.1) is 0 Å². The molecule has 198 valence electrons. The molecule has 0 spiro atoms. The molecule has 0 bridgehead atoms. The second-order valence-corrected chi connectivity index (χ2v) is 8.89. The van der Waals surface area contributed by atoms with Crippen LogP contribution in [-0.4, -0.2) is 42.2 Å². The number of aliphatic hydroxyl groups is 1. The first-order valence-electron chi connectivity index (χ1n) is 12.4. The first-order chi connectivity index (χ1) is 18.2. The van der Waals surface area contributed by atoms with Crippen molar-refractivity contribution in [2.45, 2.75) is 33.7 Å². The van der Waals surface area contributed by atoms with Gasteiger partial charge in [0.05, 0.1) is 31.9 Å². The number of hydrogen-bond acceptors (Lipinski definition) is 7. The fourth-order valence-electron chi connectivity index (χ4n) is 4.67. The third-order valence-electron chi connectivity index (χ3n) is 6.47. The largest absolute Gasteiger partial charge is 0.507 e. The summed E-state index contributed by atoms with van der Waals surface area (Å²) in [7, 11) is 1.56. The van der Waals surface area contributed by atoms with E-state index in [4.69, 9.17) is 14.2 Å². The van der Waals surface area contributed by atoms with E-state index in [9.17, 15) is 19.8 Å². The summed E-state index contributed by atoms with van der Waals surface area (Å²) in [6, 6.07) is 14.0. The number of rotatable bonds is 8. The minimum atomic E-state index is -0.977. The highest BCUT2D eigenvalue weighted by Gasteiger charge is 2.47. The van der Waals surface area contributed by atoms with Crippen LogP contribution in [0.1, 0.15) is 42.1 Å². The SMILES string of the molecule is CCOc1ccc(N2C(=O)C(=O)/C(=C(/O)c3cc(C)c(OC)cc3C)C2c2ccc(O)c(OCC)c2)cc1. The fraction of sp³-hybridized carbons (Fsp3) is 0.267. The Hall–Kier alpha value is -4.46. The molecule has 38 heavy (non-hydrogen) atoms. The van der Waals surface area contributed by atoms with Crippen molar-refractivity contribution in [1.29, 1.82) is 0 Å². The predicted molar refractivity (Wildman–Crippen MR) is 144 cm³/mol. The molecule has 8 heteroatoms. The summed E-state index contributed by atoms with van der Waals surface area (Å²) in [5, 5.41) is 21.8. The summed E-state index contributed by atoms with van der Waals surface area (Å²) >= 11 is 0. The van der Waals surface area contributed by atoms with Crippen LogP contribution in [0.3, 0.4) is 0 Å². The Morgan fingerprint density at radius 3 is 2.21 bits per heavy atom. The van der Waals surface area contributed by atoms with E-state index < -0.39 is 17.7 Å². The molecule has 0 radical (unpaired) electrons. The molecule has 2 N–H and O–H groups in total. The van der Waals surface area contributed by atoms with E-state index in [0.29, 0.717) is 47.1 Å². The second-order valence-electron chi connectivity index (χ2n) is 8.89. The van der Waals surface area contributed by atoms with Crippen molar-refractivity contribution in [3.63, 3.8) is 0 Å². The molecule has 3 aromatic rings. The van der Waals surface area contributed by atoms with Gasteiger partial charge in [0, 0.05) is 11.3 Å². The van der Waals surface area contributed by atoms with E-state index in [1.165, 1.54) is 11.0 Å². The molecule has 1 unspecified atom stereocenters. The van der Waals surface area contributed by atoms with E-state index in [1.807, 2.05) is 13.8 Å². The van der Waals surface area contributed by atoms with Gasteiger partial charge in [-0.2, -0.15) is 0 Å². The summed E-state index contributed by atoms with van der Waals surface area (Å²) < 4.78 is 16.5. The van der Waals surface area contributed by atoms with Crippen LogP contribution in [0.25, 0.3) is 5.76 Å². The molecule has 1 saturated heterocycles. The third-order valence-corrected chi connectivity index (χ3v) is 6.47. The number of ether oxygens (including phenoxy) is 3. The van der Waals surface area contributed by atoms with Gasteiger partial charge >= 0.3 is 0 Å². The van der Waals surface area contributed by atoms with Crippen molar-refractivity contribution < 1.29 is 34.0 Å². The summed E-state index contributed by atoms with van der Waals surface area (Å²) in [4.78, 5) is 28.3. The minimum absolute atomic E-state index is 0.0651. The van der Waals surface area contributed by atoms with E-state index >= 15 is 0 Å². The number of phenols is 1. The summed E-state index contributed by atoms with van der Waals surface area (Å²) in [6.07, 6.45) is 0. The van der Waals surface area contributed by atoms with Gasteiger partial charge in [0.15, 0.2) is 11.5 Å². The Bertz CT molecular complexity index is 1410. The molecule has 0 saturated carbocycles. The number of anilines is 1. The Labute approximate surface area is 221 Å². The van der Waals surface area contributed by atoms with Crippen LogP contribution in [0.2, 0.25) is 0 Å². The molecule has 4 rings (SSSR count). The van der Waals surface area contributed by atoms with E-state index in [1.54, 1.807) is 69.5 Å². The minimum Gasteiger partial charge on any atom is -0.507 e. The highest BCUT2D eigenvalue weighted by molar-refractivity contribution is 6.51. The maximum atomic E-state index is 13.5. The number of amides is 1. The van der Waals surface area contributed by atoms with Crippen LogP contribution in [-0.2, 0) is 9.59 Å². The molecule has 1 aliphatic rings. The number of aliphatic hydroxyl groups excluding tert-OH is 1. The number of nitrogens with zero attached hydrogens (tertiary/aromatic N) is 1. The van der Waals surface area contributed by atoms with Crippen LogP contribution in [0.15, 0.2) is 60.2 Å². The van der Waals surface area contributed by atoms with Gasteiger partial charge in [0.2, 0.25) is 0 Å². The highest BCUT2D eigenvalue weighted by Crippen LogP contribution is 2.45. The lowest BCUT2D eigenvalue weighted by molar-refractivity contribution is -0.132. The number of ketones is 1. The summed E-state index contributed by atoms with van der Waals surface area (Å²) in [5.74, 6) is -0.498. The molecule has 1 heterocycles. The van der Waals surface area contributed by atoms with Gasteiger partial charge in [0.1, 0.15) is 17.3 Å². The van der Waals surface area contributed by atoms with Crippen LogP contribution in [0, 0.1) is 13.8 Å². The average molecular weight is 518 g/mol. The van der Waals surface area contributed by atoms with E-state index in [2.05, 4.69) is 0 Å². The van der Waals surface area contributed by atoms with Crippen molar-refractivity contribution >= 4 is 23.1 Å². The maximum absolute atomic E-state index is 13.5. The fourth-order valence-corrected chi connectivity index (χ4v) is 4.67. The average Bonchev–Trinajstić information content (AvgIpc) is 3.17. The molecule has 3 aromatic carbocycles. The number of carbonyl (C=O) groups is 2. The molecule has 8 nitrogen and oxygen atoms in total. The summed E-state index contributed by atoms with van der Waals surface area (Å²) in [5.41, 5.74) is 2.74. The summed E-state index contributed by atoms with van der Waals surface area (Å²) in [6.45, 7) is 8.07. The Morgan fingerprint density at radius 2 is 1.58 bits per heavy atom. The number of carbonyl (C=O) groups excluding carboxylic acids is 2. The Balaban J connectivity index is 1.95. The first-order valence-corrected chi connectivity index (χ1v) is 12.4. The van der Waals surface area contributed by atoms with Crippen molar-refractivity contribution in [3.05, 3.63) is 82.4 Å². The number of benzene rings is 3. The molecule has 1 atom stereocenters. The van der Waals surface area contributed by atoms with Crippen molar-refractivity contribution in [3.8, 4) is 23.0 Å². The van der Waals surface area contributed by atoms with Crippen molar-refractivity contribution in [2.24, 2.45) is 0 Å². The number of aryl methyl sites for hydroxylation is 2. The van der Waals surface area contributed by atoms with E-state index in [-0.39, 0.29) is 22.8 Å². The topological polar surface area (TPSA) is 106 Å². The van der Waals surface area contributed by atoms with Gasteiger partial charge in [-0.3, -0.25) is 14.5 Å². The zero-order chi connectivity index (χ0) is 27.6. The van der Waals surface area contributed by atoms with Crippen LogP contribution < -0.4 is 19.1 Å². The number of hydrogen-bond donors (Lipinski definition) is 2. The number of Topliss-reactive ketones (excluding diaryl/α,β-unsaturated/α-hetero) is 1. The number of methoxy groups -OCH3 is 1. The molecule has 0 aromatic heterocycles. The molecule has 1 amide bonds. The van der Waals surface area contributed by atoms with Gasteiger partial charge in [-0.05, 0) is 92.9 Å². The number of aromatic hydroxyl groups is 1. The standard InChI is InChI=1S/C30H31NO7/c1-6-37-21-11-9-20(10-12-21)31-27(19-8-13-23(32)25(16-19)38-7-2)26(29(34)30(31)35)28(33)22-14-18(4)24(36-5)15-17(22)3/h8-16,27,32-33H,6-7H2,1-5H3/b28-26+. The predicted octanol–water partition coefficient (Wildman–Crippen LogP) is 5.44. The molecule has 1 fully saturated rings. The van der Waals surface area contributed by atoms with Gasteiger partial charge in [0.25, 0.3) is 11.7 Å². The molecule has 0 aliphatic carbocycles. The molecular weight excluding hydrogens is 486 g/mol. The third kappa shape index (κ3) is 4.77. The Kier molecular flexibility index (Phi) is 7.62. The zero-order valence-corrected chi connectivity index (χ0v) is 22.1. The van der Waals surface area contributed by atoms with E-state index in [0.717, 1.165) is 5.56 Å². The Morgan fingerprint density at radius 1 is 0.895 bits per heavy atom. The van der Waals surface area contributed by atoms with Crippen molar-refractivity contribution in [1.82, 2.24) is 0 Å². The number of phenolic OH excluding ortho intramolecular Hbond substituents is 1. The molecule has 1 aliphatic heterocycles. The maximum Gasteiger partial charge on any atom is 0.300 e. The lowest BCUT2D eigenvalue weighted by Crippen LogP contribution is -2.29. The van der Waals surface area contributed by atoms with Gasteiger partial charge in [-0.1, -0.05) is 6.07 Å². The zero-order valence-electron chi connectivity index (χ0n) is 22.1. The van der Waals surface area contributed by atoms with Crippen molar-refractivity contribution in [2.75, 3.05) is 25.2 Å². The van der Waals surface area contributed by atoms with Gasteiger partial charge in [-0.25, -0.2) is 0 Å². The second kappa shape index (κ2) is 10.9. The highest BCUT2D eigenvalue weighted by atomic mass is 16.5. The van der Waals surface area contributed by atoms with Crippen LogP contribution in [0.5, 0.6) is 23.0 Å².